The molecule has 1 aliphatic heterocycles. The molecular formula is C20H22N4O2. The Morgan fingerprint density at radius 1 is 1.27 bits per heavy atom. The van der Waals surface area contributed by atoms with Crippen molar-refractivity contribution in [1.82, 2.24) is 19.7 Å². The molecule has 0 unspecified atom stereocenters. The van der Waals surface area contributed by atoms with E-state index in [1.54, 1.807) is 6.20 Å². The molecule has 134 valence electrons. The number of carbonyl (C=O) groups is 1. The van der Waals surface area contributed by atoms with E-state index in [2.05, 4.69) is 17.1 Å². The summed E-state index contributed by atoms with van der Waals surface area (Å²) in [6.45, 7) is 5.76. The van der Waals surface area contributed by atoms with Crippen LogP contribution in [-0.2, 0) is 24.3 Å². The van der Waals surface area contributed by atoms with Crippen LogP contribution >= 0.6 is 0 Å². The van der Waals surface area contributed by atoms with Crippen LogP contribution in [0, 0.1) is 6.92 Å². The first kappa shape index (κ1) is 16.6. The number of carbonyl (C=O) groups excluding carboxylic acids is 1. The van der Waals surface area contributed by atoms with Gasteiger partial charge < -0.3 is 9.32 Å². The van der Waals surface area contributed by atoms with Crippen LogP contribution in [0.3, 0.4) is 0 Å². The molecule has 6 heteroatoms. The van der Waals surface area contributed by atoms with Gasteiger partial charge in [0.1, 0.15) is 5.76 Å². The molecule has 1 aliphatic rings. The first-order valence-corrected chi connectivity index (χ1v) is 8.98. The highest BCUT2D eigenvalue weighted by Crippen LogP contribution is 2.30. The second-order valence-electron chi connectivity index (χ2n) is 6.61. The number of aromatic nitrogens is 3. The molecule has 0 aliphatic carbocycles. The van der Waals surface area contributed by atoms with E-state index >= 15 is 0 Å². The Balaban J connectivity index is 1.75. The maximum Gasteiger partial charge on any atom is 0.247 e. The highest BCUT2D eigenvalue weighted by molar-refractivity contribution is 5.76. The van der Waals surface area contributed by atoms with Gasteiger partial charge in [-0.2, -0.15) is 5.10 Å². The van der Waals surface area contributed by atoms with Crippen molar-refractivity contribution in [3.8, 4) is 11.6 Å². The first-order valence-electron chi connectivity index (χ1n) is 8.98. The summed E-state index contributed by atoms with van der Waals surface area (Å²) in [7, 11) is 0. The number of hydrogen-bond acceptors (Lipinski definition) is 4. The number of fused-ring (bicyclic) bond motifs is 1. The molecule has 6 nitrogen and oxygen atoms in total. The normalized spacial score (nSPS) is 13.7. The van der Waals surface area contributed by atoms with Crippen LogP contribution in [0.25, 0.3) is 11.6 Å². The molecule has 0 fully saturated rings. The number of rotatable bonds is 4. The molecule has 0 spiro atoms. The Bertz CT molecular complexity index is 927. The van der Waals surface area contributed by atoms with E-state index in [9.17, 15) is 4.79 Å². The van der Waals surface area contributed by atoms with Gasteiger partial charge in [0.2, 0.25) is 11.8 Å². The van der Waals surface area contributed by atoms with Gasteiger partial charge in [0.25, 0.3) is 0 Å². The third kappa shape index (κ3) is 3.03. The number of hydrogen-bond donors (Lipinski definition) is 0. The predicted molar refractivity (Wildman–Crippen MR) is 97.4 cm³/mol. The highest BCUT2D eigenvalue weighted by Gasteiger charge is 2.29. The van der Waals surface area contributed by atoms with Crippen LogP contribution in [0.15, 0.2) is 40.9 Å². The third-order valence-corrected chi connectivity index (χ3v) is 4.79. The van der Waals surface area contributed by atoms with Crippen molar-refractivity contribution in [3.05, 3.63) is 59.1 Å². The molecule has 2 aromatic heterocycles. The largest absolute Gasteiger partial charge is 0.440 e. The number of oxazole rings is 1. The fraction of sp³-hybridized carbons (Fsp3) is 0.350. The van der Waals surface area contributed by atoms with Gasteiger partial charge in [-0.25, -0.2) is 4.98 Å². The molecule has 0 bridgehead atoms. The lowest BCUT2D eigenvalue weighted by atomic mass is 10.0. The number of aryl methyl sites for hydroxylation is 1. The zero-order valence-electron chi connectivity index (χ0n) is 15.1. The highest BCUT2D eigenvalue weighted by atomic mass is 16.4. The average Bonchev–Trinajstić information content (AvgIpc) is 3.25. The minimum atomic E-state index is 0.168. The molecule has 0 saturated heterocycles. The molecule has 1 aromatic carbocycles. The zero-order valence-corrected chi connectivity index (χ0v) is 15.1. The van der Waals surface area contributed by atoms with Crippen molar-refractivity contribution in [2.45, 2.75) is 39.8 Å². The fourth-order valence-corrected chi connectivity index (χ4v) is 3.45. The molecular weight excluding hydrogens is 328 g/mol. The van der Waals surface area contributed by atoms with Crippen molar-refractivity contribution < 1.29 is 9.21 Å². The van der Waals surface area contributed by atoms with E-state index in [4.69, 9.17) is 9.52 Å². The summed E-state index contributed by atoms with van der Waals surface area (Å²) in [6, 6.07) is 10.3. The van der Waals surface area contributed by atoms with Crippen LogP contribution in [0.1, 0.15) is 35.9 Å². The minimum Gasteiger partial charge on any atom is -0.440 e. The standard InChI is InChI=1S/C20H22N4O2/c1-3-18(25)23-10-9-17-16(13-23)19(20-21-11-14(2)26-20)22-24(17)12-15-7-5-4-6-8-15/h4-8,11H,3,9-10,12-13H2,1-2H3. The molecule has 0 saturated carbocycles. The van der Waals surface area contributed by atoms with Gasteiger partial charge in [-0.3, -0.25) is 9.48 Å². The van der Waals surface area contributed by atoms with Crippen molar-refractivity contribution in [1.29, 1.82) is 0 Å². The smallest absolute Gasteiger partial charge is 0.247 e. The van der Waals surface area contributed by atoms with E-state index in [1.165, 1.54) is 11.3 Å². The summed E-state index contributed by atoms with van der Waals surface area (Å²) in [5, 5.41) is 4.81. The van der Waals surface area contributed by atoms with E-state index in [1.807, 2.05) is 41.6 Å². The Kier molecular flexibility index (Phi) is 4.32. The second-order valence-corrected chi connectivity index (χ2v) is 6.61. The Morgan fingerprint density at radius 3 is 2.77 bits per heavy atom. The summed E-state index contributed by atoms with van der Waals surface area (Å²) in [4.78, 5) is 18.4. The molecule has 0 N–H and O–H groups in total. The lowest BCUT2D eigenvalue weighted by Gasteiger charge is -2.27. The maximum atomic E-state index is 12.2. The van der Waals surface area contributed by atoms with Crippen LogP contribution in [-0.4, -0.2) is 32.1 Å². The zero-order chi connectivity index (χ0) is 18.1. The van der Waals surface area contributed by atoms with E-state index < -0.39 is 0 Å². The Hall–Kier alpha value is -2.89. The molecule has 1 amide bonds. The van der Waals surface area contributed by atoms with Gasteiger partial charge >= 0.3 is 0 Å². The summed E-state index contributed by atoms with van der Waals surface area (Å²) in [5.41, 5.74) is 4.16. The maximum absolute atomic E-state index is 12.2. The fourth-order valence-electron chi connectivity index (χ4n) is 3.45. The van der Waals surface area contributed by atoms with Crippen molar-refractivity contribution in [2.24, 2.45) is 0 Å². The van der Waals surface area contributed by atoms with Gasteiger partial charge in [-0.15, -0.1) is 0 Å². The van der Waals surface area contributed by atoms with Crippen LogP contribution in [0.2, 0.25) is 0 Å². The third-order valence-electron chi connectivity index (χ3n) is 4.79. The average molecular weight is 350 g/mol. The lowest BCUT2D eigenvalue weighted by Crippen LogP contribution is -2.36. The number of amides is 1. The van der Waals surface area contributed by atoms with Gasteiger partial charge in [0, 0.05) is 37.2 Å². The molecule has 0 atom stereocenters. The lowest BCUT2D eigenvalue weighted by molar-refractivity contribution is -0.131. The summed E-state index contributed by atoms with van der Waals surface area (Å²) < 4.78 is 7.77. The van der Waals surface area contributed by atoms with Gasteiger partial charge in [-0.1, -0.05) is 37.3 Å². The minimum absolute atomic E-state index is 0.168. The van der Waals surface area contributed by atoms with Gasteiger partial charge in [0.15, 0.2) is 5.69 Å². The van der Waals surface area contributed by atoms with Crippen molar-refractivity contribution >= 4 is 5.91 Å². The predicted octanol–water partition coefficient (Wildman–Crippen LogP) is 3.19. The molecule has 3 aromatic rings. The van der Waals surface area contributed by atoms with E-state index in [0.29, 0.717) is 25.4 Å². The van der Waals surface area contributed by atoms with Crippen molar-refractivity contribution in [2.75, 3.05) is 6.54 Å². The van der Waals surface area contributed by atoms with Crippen molar-refractivity contribution in [3.63, 3.8) is 0 Å². The van der Waals surface area contributed by atoms with Gasteiger partial charge in [-0.05, 0) is 12.5 Å². The number of benzene rings is 1. The first-order chi connectivity index (χ1) is 12.7. The van der Waals surface area contributed by atoms with Crippen LogP contribution < -0.4 is 0 Å². The van der Waals surface area contributed by atoms with Crippen LogP contribution in [0.4, 0.5) is 0 Å². The quantitative estimate of drug-likeness (QED) is 0.725. The van der Waals surface area contributed by atoms with E-state index in [0.717, 1.165) is 30.0 Å². The SMILES string of the molecule is CCC(=O)N1CCc2c(c(-c3ncc(C)o3)nn2Cc2ccccc2)C1. The summed E-state index contributed by atoms with van der Waals surface area (Å²) in [6.07, 6.45) is 3.01. The molecule has 0 radical (unpaired) electrons. The second kappa shape index (κ2) is 6.78. The number of nitrogens with zero attached hydrogens (tertiary/aromatic N) is 4. The monoisotopic (exact) mass is 350 g/mol. The van der Waals surface area contributed by atoms with Gasteiger partial charge in [0.05, 0.1) is 12.7 Å². The molecule has 26 heavy (non-hydrogen) atoms. The Labute approximate surface area is 152 Å². The molecule has 3 heterocycles. The summed E-state index contributed by atoms with van der Waals surface area (Å²) in [5.74, 6) is 1.45. The topological polar surface area (TPSA) is 64.2 Å². The summed E-state index contributed by atoms with van der Waals surface area (Å²) >= 11 is 0. The molecule has 4 rings (SSSR count). The van der Waals surface area contributed by atoms with E-state index in [-0.39, 0.29) is 5.91 Å². The van der Waals surface area contributed by atoms with Crippen LogP contribution in [0.5, 0.6) is 0 Å². The Morgan fingerprint density at radius 2 is 2.08 bits per heavy atom.